The van der Waals surface area contributed by atoms with Crippen molar-refractivity contribution >= 4 is 11.0 Å². The fourth-order valence-corrected chi connectivity index (χ4v) is 4.91. The molecular formula is C25H27NO4. The van der Waals surface area contributed by atoms with E-state index >= 15 is 0 Å². The molecular weight excluding hydrogens is 378 g/mol. The highest BCUT2D eigenvalue weighted by Gasteiger charge is 2.28. The van der Waals surface area contributed by atoms with Gasteiger partial charge in [-0.1, -0.05) is 31.4 Å². The molecule has 1 aliphatic carbocycles. The number of aryl methyl sites for hydroxylation is 1. The van der Waals surface area contributed by atoms with Crippen LogP contribution >= 0.6 is 0 Å². The second kappa shape index (κ2) is 7.80. The van der Waals surface area contributed by atoms with Crippen LogP contribution in [0.25, 0.3) is 22.1 Å². The van der Waals surface area contributed by atoms with E-state index in [1.165, 1.54) is 32.1 Å². The van der Waals surface area contributed by atoms with Gasteiger partial charge in [0, 0.05) is 18.0 Å². The summed E-state index contributed by atoms with van der Waals surface area (Å²) in [5.74, 6) is 1.59. The summed E-state index contributed by atoms with van der Waals surface area (Å²) in [6, 6.07) is 12.1. The number of benzene rings is 2. The molecule has 5 rings (SSSR count). The molecule has 2 aromatic carbocycles. The summed E-state index contributed by atoms with van der Waals surface area (Å²) in [7, 11) is 1.63. The predicted octanol–water partition coefficient (Wildman–Crippen LogP) is 5.26. The molecule has 2 aliphatic rings. The maximum atomic E-state index is 13.0. The van der Waals surface area contributed by atoms with Gasteiger partial charge < -0.3 is 13.9 Å². The van der Waals surface area contributed by atoms with Crippen LogP contribution in [0.3, 0.4) is 0 Å². The smallest absolute Gasteiger partial charge is 0.344 e. The van der Waals surface area contributed by atoms with Gasteiger partial charge in [-0.3, -0.25) is 4.90 Å². The van der Waals surface area contributed by atoms with Crippen molar-refractivity contribution in [2.75, 3.05) is 13.8 Å². The Balaban J connectivity index is 1.58. The van der Waals surface area contributed by atoms with Gasteiger partial charge in [0.1, 0.15) is 23.8 Å². The topological polar surface area (TPSA) is 51.9 Å². The maximum Gasteiger partial charge on any atom is 0.344 e. The van der Waals surface area contributed by atoms with Gasteiger partial charge >= 0.3 is 5.63 Å². The third kappa shape index (κ3) is 3.27. The highest BCUT2D eigenvalue weighted by Crippen LogP contribution is 2.37. The lowest BCUT2D eigenvalue weighted by Gasteiger charge is -2.37. The van der Waals surface area contributed by atoms with Crippen LogP contribution in [0.4, 0.5) is 0 Å². The van der Waals surface area contributed by atoms with Gasteiger partial charge in [-0.2, -0.15) is 0 Å². The second-order valence-electron chi connectivity index (χ2n) is 8.35. The van der Waals surface area contributed by atoms with Crippen molar-refractivity contribution in [2.24, 2.45) is 0 Å². The summed E-state index contributed by atoms with van der Waals surface area (Å²) in [6.45, 7) is 3.37. The first kappa shape index (κ1) is 19.2. The van der Waals surface area contributed by atoms with Crippen LogP contribution in [0.15, 0.2) is 45.6 Å². The molecule has 156 valence electrons. The lowest BCUT2D eigenvalue weighted by Crippen LogP contribution is -2.41. The number of hydrogen-bond acceptors (Lipinski definition) is 5. The second-order valence-corrected chi connectivity index (χ2v) is 8.35. The van der Waals surface area contributed by atoms with Crippen molar-refractivity contribution in [3.8, 4) is 22.6 Å². The molecule has 1 fully saturated rings. The number of ether oxygens (including phenoxy) is 2. The summed E-state index contributed by atoms with van der Waals surface area (Å²) in [4.78, 5) is 15.4. The average molecular weight is 405 g/mol. The Bertz CT molecular complexity index is 1130. The highest BCUT2D eigenvalue weighted by atomic mass is 16.5. The molecule has 0 amide bonds. The monoisotopic (exact) mass is 405 g/mol. The summed E-state index contributed by atoms with van der Waals surface area (Å²) in [5, 5.41) is 0.966. The fraction of sp³-hybridized carbons (Fsp3) is 0.400. The molecule has 1 aromatic heterocycles. The van der Waals surface area contributed by atoms with Gasteiger partial charge in [-0.05, 0) is 55.2 Å². The molecule has 0 radical (unpaired) electrons. The normalized spacial score (nSPS) is 17.5. The molecule has 0 spiro atoms. The lowest BCUT2D eigenvalue weighted by atomic mass is 9.93. The number of fused-ring (bicyclic) bond motifs is 3. The summed E-state index contributed by atoms with van der Waals surface area (Å²) in [6.07, 6.45) is 6.32. The Morgan fingerprint density at radius 1 is 1.03 bits per heavy atom. The standard InChI is InChI=1S/C25H27NO4/c1-16-20-12-13-22-21(14-26(15-29-22)18-6-4-3-5-7-18)24(20)30-25(27)23(16)17-8-10-19(28-2)11-9-17/h8-13,18H,3-7,14-15H2,1-2H3. The minimum absolute atomic E-state index is 0.312. The van der Waals surface area contributed by atoms with E-state index in [4.69, 9.17) is 13.9 Å². The predicted molar refractivity (Wildman–Crippen MR) is 117 cm³/mol. The van der Waals surface area contributed by atoms with E-state index in [0.29, 0.717) is 23.9 Å². The molecule has 0 atom stereocenters. The first-order chi connectivity index (χ1) is 14.7. The summed E-state index contributed by atoms with van der Waals surface area (Å²) < 4.78 is 17.2. The van der Waals surface area contributed by atoms with E-state index in [9.17, 15) is 4.79 Å². The quantitative estimate of drug-likeness (QED) is 0.556. The molecule has 5 heteroatoms. The third-order valence-electron chi connectivity index (χ3n) is 6.61. The van der Waals surface area contributed by atoms with Crippen LogP contribution in [0.2, 0.25) is 0 Å². The van der Waals surface area contributed by atoms with Crippen LogP contribution in [0, 0.1) is 6.92 Å². The SMILES string of the molecule is COc1ccc(-c2c(C)c3ccc4c(c3oc2=O)CN(C2CCCCC2)CO4)cc1. The fourth-order valence-electron chi connectivity index (χ4n) is 4.91. The highest BCUT2D eigenvalue weighted by molar-refractivity contribution is 5.90. The molecule has 2 heterocycles. The number of nitrogens with zero attached hydrogens (tertiary/aromatic N) is 1. The van der Waals surface area contributed by atoms with Gasteiger partial charge in [0.25, 0.3) is 0 Å². The van der Waals surface area contributed by atoms with Crippen molar-refractivity contribution in [2.45, 2.75) is 51.6 Å². The molecule has 30 heavy (non-hydrogen) atoms. The van der Waals surface area contributed by atoms with E-state index in [0.717, 1.165) is 40.1 Å². The summed E-state index contributed by atoms with van der Waals surface area (Å²) in [5.41, 5.74) is 3.71. The van der Waals surface area contributed by atoms with E-state index in [2.05, 4.69) is 4.90 Å². The first-order valence-electron chi connectivity index (χ1n) is 10.8. The van der Waals surface area contributed by atoms with Gasteiger partial charge in [-0.25, -0.2) is 4.79 Å². The first-order valence-corrected chi connectivity index (χ1v) is 10.8. The molecule has 1 aliphatic heterocycles. The summed E-state index contributed by atoms with van der Waals surface area (Å²) >= 11 is 0. The van der Waals surface area contributed by atoms with E-state index in [-0.39, 0.29) is 5.63 Å². The van der Waals surface area contributed by atoms with Gasteiger partial charge in [0.2, 0.25) is 0 Å². The zero-order valence-corrected chi connectivity index (χ0v) is 17.6. The maximum absolute atomic E-state index is 13.0. The molecule has 0 bridgehead atoms. The Morgan fingerprint density at radius 3 is 2.53 bits per heavy atom. The molecule has 1 saturated carbocycles. The van der Waals surface area contributed by atoms with Crippen LogP contribution in [-0.2, 0) is 6.54 Å². The van der Waals surface area contributed by atoms with Crippen molar-refractivity contribution in [1.82, 2.24) is 4.90 Å². The van der Waals surface area contributed by atoms with Crippen LogP contribution < -0.4 is 15.1 Å². The zero-order chi connectivity index (χ0) is 20.7. The molecule has 0 unspecified atom stereocenters. The van der Waals surface area contributed by atoms with Crippen LogP contribution in [0.1, 0.15) is 43.2 Å². The van der Waals surface area contributed by atoms with Crippen molar-refractivity contribution < 1.29 is 13.9 Å². The van der Waals surface area contributed by atoms with Crippen molar-refractivity contribution in [3.63, 3.8) is 0 Å². The minimum Gasteiger partial charge on any atom is -0.497 e. The molecule has 5 nitrogen and oxygen atoms in total. The Morgan fingerprint density at radius 2 is 1.80 bits per heavy atom. The largest absolute Gasteiger partial charge is 0.497 e. The van der Waals surface area contributed by atoms with E-state index in [1.54, 1.807) is 7.11 Å². The third-order valence-corrected chi connectivity index (χ3v) is 6.61. The average Bonchev–Trinajstić information content (AvgIpc) is 2.79. The van der Waals surface area contributed by atoms with Crippen molar-refractivity contribution in [1.29, 1.82) is 0 Å². The van der Waals surface area contributed by atoms with Gasteiger partial charge in [0.05, 0.1) is 18.2 Å². The minimum atomic E-state index is -0.312. The van der Waals surface area contributed by atoms with Crippen molar-refractivity contribution in [3.05, 3.63) is 57.9 Å². The zero-order valence-electron chi connectivity index (χ0n) is 17.6. The lowest BCUT2D eigenvalue weighted by molar-refractivity contribution is 0.0406. The molecule has 0 N–H and O–H groups in total. The van der Waals surface area contributed by atoms with Crippen LogP contribution in [0.5, 0.6) is 11.5 Å². The van der Waals surface area contributed by atoms with Gasteiger partial charge in [0.15, 0.2) is 0 Å². The number of methoxy groups -OCH3 is 1. The molecule has 0 saturated heterocycles. The van der Waals surface area contributed by atoms with E-state index in [1.807, 2.05) is 43.3 Å². The van der Waals surface area contributed by atoms with E-state index < -0.39 is 0 Å². The Labute approximate surface area is 176 Å². The molecule has 3 aromatic rings. The number of hydrogen-bond donors (Lipinski definition) is 0. The van der Waals surface area contributed by atoms with Crippen LogP contribution in [-0.4, -0.2) is 24.8 Å². The Kier molecular flexibility index (Phi) is 4.99. The number of rotatable bonds is 3. The Hall–Kier alpha value is -2.79. The van der Waals surface area contributed by atoms with Gasteiger partial charge in [-0.15, -0.1) is 0 Å².